The molecule has 0 amide bonds. The lowest BCUT2D eigenvalue weighted by molar-refractivity contribution is 0.221. The van der Waals surface area contributed by atoms with E-state index < -0.39 is 10.0 Å². The molecular formula is C17H29N5O2S2. The molecule has 2 heterocycles. The molecule has 1 fully saturated rings. The van der Waals surface area contributed by atoms with Gasteiger partial charge in [0.15, 0.2) is 5.96 Å². The summed E-state index contributed by atoms with van der Waals surface area (Å²) in [7, 11) is -1.69. The summed E-state index contributed by atoms with van der Waals surface area (Å²) < 4.78 is 27.0. The van der Waals surface area contributed by atoms with Crippen LogP contribution in [0.25, 0.3) is 0 Å². The number of guanidine groups is 1. The molecule has 1 aromatic rings. The molecule has 7 nitrogen and oxygen atoms in total. The van der Waals surface area contributed by atoms with Gasteiger partial charge in [0.05, 0.1) is 0 Å². The molecule has 0 aliphatic carbocycles. The van der Waals surface area contributed by atoms with Crippen molar-refractivity contribution < 1.29 is 8.42 Å². The van der Waals surface area contributed by atoms with E-state index in [4.69, 9.17) is 0 Å². The van der Waals surface area contributed by atoms with Gasteiger partial charge < -0.3 is 10.6 Å². The predicted octanol–water partition coefficient (Wildman–Crippen LogP) is 1.23. The number of nitrogens with one attached hydrogen (secondary N) is 3. The van der Waals surface area contributed by atoms with Gasteiger partial charge in [-0.05, 0) is 31.2 Å². The van der Waals surface area contributed by atoms with E-state index in [-0.39, 0.29) is 0 Å². The highest BCUT2D eigenvalue weighted by atomic mass is 32.2. The van der Waals surface area contributed by atoms with E-state index in [0.717, 1.165) is 32.5 Å². The molecule has 0 atom stereocenters. The predicted molar refractivity (Wildman–Crippen MR) is 108 cm³/mol. The molecular weight excluding hydrogens is 370 g/mol. The normalized spacial score (nSPS) is 17.2. The van der Waals surface area contributed by atoms with Crippen molar-refractivity contribution >= 4 is 27.3 Å². The summed E-state index contributed by atoms with van der Waals surface area (Å²) in [6, 6.07) is 3.71. The van der Waals surface area contributed by atoms with E-state index in [1.54, 1.807) is 24.6 Å². The van der Waals surface area contributed by atoms with Gasteiger partial charge in [-0.3, -0.25) is 9.89 Å². The second-order valence-electron chi connectivity index (χ2n) is 6.48. The lowest BCUT2D eigenvalue weighted by Gasteiger charge is -2.33. The Labute approximate surface area is 160 Å². The van der Waals surface area contributed by atoms with Gasteiger partial charge >= 0.3 is 0 Å². The van der Waals surface area contributed by atoms with Crippen LogP contribution in [-0.4, -0.2) is 65.1 Å². The van der Waals surface area contributed by atoms with Crippen molar-refractivity contribution in [2.45, 2.75) is 30.0 Å². The van der Waals surface area contributed by atoms with Gasteiger partial charge in [0.25, 0.3) is 0 Å². The number of likely N-dealkylation sites (tertiary alicyclic amines) is 1. The number of hydrogen-bond acceptors (Lipinski definition) is 5. The summed E-state index contributed by atoms with van der Waals surface area (Å²) in [5, 5.41) is 8.34. The number of thiophene rings is 1. The molecule has 0 saturated carbocycles. The fourth-order valence-electron chi connectivity index (χ4n) is 2.86. The number of piperidine rings is 1. The summed E-state index contributed by atoms with van der Waals surface area (Å²) in [5.74, 6) is 0.707. The lowest BCUT2D eigenvalue weighted by Crippen LogP contribution is -2.49. The van der Waals surface area contributed by atoms with Crippen molar-refractivity contribution in [1.82, 2.24) is 20.3 Å². The SMILES string of the molecule is C=C(C)CN1CCC(NC(=NC)NCCNS(=O)(=O)c2cccs2)CC1. The smallest absolute Gasteiger partial charge is 0.250 e. The molecule has 26 heavy (non-hydrogen) atoms. The Morgan fingerprint density at radius 3 is 2.69 bits per heavy atom. The van der Waals surface area contributed by atoms with Crippen LogP contribution in [0.3, 0.4) is 0 Å². The first kappa shape index (κ1) is 20.9. The highest BCUT2D eigenvalue weighted by molar-refractivity contribution is 7.91. The lowest BCUT2D eigenvalue weighted by atomic mass is 10.0. The summed E-state index contributed by atoms with van der Waals surface area (Å²) >= 11 is 1.21. The molecule has 2 rings (SSSR count). The molecule has 0 unspecified atom stereocenters. The zero-order valence-corrected chi connectivity index (χ0v) is 17.1. The van der Waals surface area contributed by atoms with Gasteiger partial charge in [-0.15, -0.1) is 11.3 Å². The maximum atomic E-state index is 12.0. The van der Waals surface area contributed by atoms with Crippen molar-refractivity contribution in [2.24, 2.45) is 4.99 Å². The maximum absolute atomic E-state index is 12.0. The topological polar surface area (TPSA) is 85.8 Å². The molecule has 1 aliphatic rings. The zero-order chi connectivity index (χ0) is 19.0. The number of nitrogens with zero attached hydrogens (tertiary/aromatic N) is 2. The molecule has 1 aliphatic heterocycles. The van der Waals surface area contributed by atoms with Crippen LogP contribution in [0.5, 0.6) is 0 Å². The molecule has 0 radical (unpaired) electrons. The number of rotatable bonds is 8. The Morgan fingerprint density at radius 1 is 1.38 bits per heavy atom. The van der Waals surface area contributed by atoms with E-state index in [2.05, 4.69) is 38.8 Å². The van der Waals surface area contributed by atoms with Gasteiger partial charge in [0.2, 0.25) is 10.0 Å². The summed E-state index contributed by atoms with van der Waals surface area (Å²) in [4.78, 5) is 6.64. The van der Waals surface area contributed by atoms with Gasteiger partial charge in [0, 0.05) is 45.8 Å². The first-order chi connectivity index (χ1) is 12.4. The average Bonchev–Trinajstić information content (AvgIpc) is 3.14. The minimum atomic E-state index is -3.41. The minimum Gasteiger partial charge on any atom is -0.355 e. The fourth-order valence-corrected chi connectivity index (χ4v) is 4.93. The molecule has 1 saturated heterocycles. The molecule has 3 N–H and O–H groups in total. The quantitative estimate of drug-likeness (QED) is 0.265. The van der Waals surface area contributed by atoms with Crippen LogP contribution in [-0.2, 0) is 10.0 Å². The Hall–Kier alpha value is -1.42. The third kappa shape index (κ3) is 6.71. The van der Waals surface area contributed by atoms with E-state index in [1.165, 1.54) is 16.9 Å². The van der Waals surface area contributed by atoms with Crippen molar-refractivity contribution in [3.63, 3.8) is 0 Å². The second-order valence-corrected chi connectivity index (χ2v) is 9.42. The van der Waals surface area contributed by atoms with Gasteiger partial charge in [-0.25, -0.2) is 13.1 Å². The van der Waals surface area contributed by atoms with Gasteiger partial charge in [0.1, 0.15) is 4.21 Å². The summed E-state index contributed by atoms with van der Waals surface area (Å²) in [5.41, 5.74) is 1.19. The highest BCUT2D eigenvalue weighted by Gasteiger charge is 2.20. The number of aliphatic imine (C=N–C) groups is 1. The largest absolute Gasteiger partial charge is 0.355 e. The van der Waals surface area contributed by atoms with Gasteiger partial charge in [-0.1, -0.05) is 18.2 Å². The van der Waals surface area contributed by atoms with E-state index in [0.29, 0.717) is 29.3 Å². The second kappa shape index (κ2) is 10.1. The standard InChI is InChI=1S/C17H29N5O2S2/c1-14(2)13-22-10-6-15(7-11-22)21-17(18-3)19-8-9-20-26(23,24)16-5-4-12-25-16/h4-5,12,15,20H,1,6-11,13H2,2-3H3,(H2,18,19,21). The van der Waals surface area contributed by atoms with Crippen LogP contribution in [0.4, 0.5) is 0 Å². The fraction of sp³-hybridized carbons (Fsp3) is 0.588. The first-order valence-electron chi connectivity index (χ1n) is 8.78. The molecule has 0 bridgehead atoms. The average molecular weight is 400 g/mol. The van der Waals surface area contributed by atoms with Crippen LogP contribution >= 0.6 is 11.3 Å². The van der Waals surface area contributed by atoms with Crippen LogP contribution < -0.4 is 15.4 Å². The molecule has 146 valence electrons. The Balaban J connectivity index is 1.68. The van der Waals surface area contributed by atoms with Crippen molar-refractivity contribution in [3.8, 4) is 0 Å². The monoisotopic (exact) mass is 399 g/mol. The van der Waals surface area contributed by atoms with Crippen LogP contribution in [0.15, 0.2) is 38.9 Å². The van der Waals surface area contributed by atoms with Crippen LogP contribution in [0.1, 0.15) is 19.8 Å². The number of hydrogen-bond donors (Lipinski definition) is 3. The Kier molecular flexibility index (Phi) is 8.08. The van der Waals surface area contributed by atoms with E-state index in [9.17, 15) is 8.42 Å². The molecule has 0 aromatic carbocycles. The van der Waals surface area contributed by atoms with Crippen molar-refractivity contribution in [2.75, 3.05) is 39.8 Å². The van der Waals surface area contributed by atoms with E-state index >= 15 is 0 Å². The summed E-state index contributed by atoms with van der Waals surface area (Å²) in [6.07, 6.45) is 2.11. The number of sulfonamides is 1. The van der Waals surface area contributed by atoms with Crippen LogP contribution in [0.2, 0.25) is 0 Å². The zero-order valence-electron chi connectivity index (χ0n) is 15.5. The van der Waals surface area contributed by atoms with E-state index in [1.807, 2.05) is 0 Å². The third-order valence-corrected chi connectivity index (χ3v) is 6.97. The first-order valence-corrected chi connectivity index (χ1v) is 11.1. The molecule has 9 heteroatoms. The van der Waals surface area contributed by atoms with Crippen molar-refractivity contribution in [3.05, 3.63) is 29.7 Å². The van der Waals surface area contributed by atoms with Crippen LogP contribution in [0, 0.1) is 0 Å². The Bertz CT molecular complexity index is 693. The third-order valence-electron chi connectivity index (χ3n) is 4.12. The summed E-state index contributed by atoms with van der Waals surface area (Å²) in [6.45, 7) is 9.85. The molecule has 0 spiro atoms. The maximum Gasteiger partial charge on any atom is 0.250 e. The molecule has 1 aromatic heterocycles. The highest BCUT2D eigenvalue weighted by Crippen LogP contribution is 2.14. The Morgan fingerprint density at radius 2 is 2.12 bits per heavy atom. The van der Waals surface area contributed by atoms with Crippen molar-refractivity contribution in [1.29, 1.82) is 0 Å². The van der Waals surface area contributed by atoms with Gasteiger partial charge in [-0.2, -0.15) is 0 Å². The minimum absolute atomic E-state index is 0.304.